The Balaban J connectivity index is 1.77. The van der Waals surface area contributed by atoms with Crippen molar-refractivity contribution < 1.29 is 9.15 Å². The first kappa shape index (κ1) is 13.2. The maximum Gasteiger partial charge on any atom is 0.417 e. The van der Waals surface area contributed by atoms with Gasteiger partial charge in [-0.1, -0.05) is 6.92 Å². The van der Waals surface area contributed by atoms with Crippen LogP contribution in [-0.4, -0.2) is 23.2 Å². The number of anilines is 1. The van der Waals surface area contributed by atoms with Crippen LogP contribution in [0.4, 0.5) is 5.69 Å². The SMILES string of the molecule is CCC1(C)CC(Nc2ccc3oc(=O)[nH]c3c2)CCO1. The van der Waals surface area contributed by atoms with Crippen LogP contribution in [0.1, 0.15) is 33.1 Å². The highest BCUT2D eigenvalue weighted by Gasteiger charge is 2.31. The van der Waals surface area contributed by atoms with Crippen LogP contribution in [0.25, 0.3) is 11.1 Å². The zero-order valence-corrected chi connectivity index (χ0v) is 11.9. The van der Waals surface area contributed by atoms with Crippen LogP contribution < -0.4 is 11.1 Å². The summed E-state index contributed by atoms with van der Waals surface area (Å²) in [5.74, 6) is -0.415. The van der Waals surface area contributed by atoms with Crippen molar-refractivity contribution in [3.63, 3.8) is 0 Å². The average molecular weight is 276 g/mol. The van der Waals surface area contributed by atoms with E-state index in [-0.39, 0.29) is 5.60 Å². The molecule has 1 aromatic heterocycles. The molecule has 0 saturated carbocycles. The van der Waals surface area contributed by atoms with Gasteiger partial charge in [0.25, 0.3) is 0 Å². The highest BCUT2D eigenvalue weighted by molar-refractivity contribution is 5.76. The molecule has 2 aromatic rings. The molecule has 0 radical (unpaired) electrons. The van der Waals surface area contributed by atoms with E-state index < -0.39 is 5.76 Å². The lowest BCUT2D eigenvalue weighted by Gasteiger charge is -2.38. The molecule has 2 N–H and O–H groups in total. The van der Waals surface area contributed by atoms with Crippen molar-refractivity contribution in [3.8, 4) is 0 Å². The number of rotatable bonds is 3. The van der Waals surface area contributed by atoms with Crippen LogP contribution in [0.3, 0.4) is 0 Å². The summed E-state index contributed by atoms with van der Waals surface area (Å²) in [6.07, 6.45) is 3.00. The van der Waals surface area contributed by atoms with Crippen LogP contribution in [-0.2, 0) is 4.74 Å². The van der Waals surface area contributed by atoms with Gasteiger partial charge >= 0.3 is 5.76 Å². The van der Waals surface area contributed by atoms with Crippen molar-refractivity contribution in [1.29, 1.82) is 0 Å². The number of oxazole rings is 1. The molecule has 0 aliphatic carbocycles. The molecule has 0 amide bonds. The summed E-state index contributed by atoms with van der Waals surface area (Å²) >= 11 is 0. The molecule has 5 heteroatoms. The zero-order valence-electron chi connectivity index (χ0n) is 11.9. The molecule has 1 saturated heterocycles. The Bertz CT molecular complexity index is 660. The molecule has 2 atom stereocenters. The third-order valence-corrected chi connectivity index (χ3v) is 4.13. The third-order valence-electron chi connectivity index (χ3n) is 4.13. The number of nitrogens with one attached hydrogen (secondary N) is 2. The van der Waals surface area contributed by atoms with Crippen LogP contribution >= 0.6 is 0 Å². The second kappa shape index (κ2) is 4.98. The van der Waals surface area contributed by atoms with E-state index in [0.717, 1.165) is 37.1 Å². The minimum absolute atomic E-state index is 0.0377. The number of ether oxygens (including phenoxy) is 1. The topological polar surface area (TPSA) is 67.3 Å². The Labute approximate surface area is 117 Å². The summed E-state index contributed by atoms with van der Waals surface area (Å²) in [7, 11) is 0. The Kier molecular flexibility index (Phi) is 3.30. The van der Waals surface area contributed by atoms with Gasteiger partial charge in [0, 0.05) is 18.3 Å². The lowest BCUT2D eigenvalue weighted by molar-refractivity contribution is -0.0708. The summed E-state index contributed by atoms with van der Waals surface area (Å²) in [6, 6.07) is 6.06. The monoisotopic (exact) mass is 276 g/mol. The summed E-state index contributed by atoms with van der Waals surface area (Å²) < 4.78 is 10.9. The summed E-state index contributed by atoms with van der Waals surface area (Å²) in [5.41, 5.74) is 2.28. The molecule has 5 nitrogen and oxygen atoms in total. The molecule has 2 unspecified atom stereocenters. The van der Waals surface area contributed by atoms with E-state index >= 15 is 0 Å². The maximum absolute atomic E-state index is 11.2. The first-order valence-corrected chi connectivity index (χ1v) is 7.11. The van der Waals surface area contributed by atoms with Crippen molar-refractivity contribution in [2.24, 2.45) is 0 Å². The standard InChI is InChI=1S/C15H20N2O3/c1-3-15(2)9-11(6-7-19-15)16-10-4-5-13-12(8-10)17-14(18)20-13/h4-5,8,11,16H,3,6-7,9H2,1-2H3,(H,17,18). The molecule has 108 valence electrons. The average Bonchev–Trinajstić information content (AvgIpc) is 2.78. The summed E-state index contributed by atoms with van der Waals surface area (Å²) in [5, 5.41) is 3.53. The van der Waals surface area contributed by atoms with Gasteiger partial charge in [-0.25, -0.2) is 4.79 Å². The molecular weight excluding hydrogens is 256 g/mol. The van der Waals surface area contributed by atoms with Gasteiger partial charge < -0.3 is 14.5 Å². The van der Waals surface area contributed by atoms with Gasteiger partial charge in [-0.15, -0.1) is 0 Å². The Morgan fingerprint density at radius 3 is 3.15 bits per heavy atom. The van der Waals surface area contributed by atoms with Crippen molar-refractivity contribution >= 4 is 16.8 Å². The maximum atomic E-state index is 11.2. The van der Waals surface area contributed by atoms with E-state index in [1.54, 1.807) is 0 Å². The predicted molar refractivity (Wildman–Crippen MR) is 78.1 cm³/mol. The first-order chi connectivity index (χ1) is 9.58. The molecular formula is C15H20N2O3. The number of fused-ring (bicyclic) bond motifs is 1. The summed E-state index contributed by atoms with van der Waals surface area (Å²) in [6.45, 7) is 5.11. The van der Waals surface area contributed by atoms with Crippen molar-refractivity contribution in [2.75, 3.05) is 11.9 Å². The smallest absolute Gasteiger partial charge is 0.408 e. The molecule has 2 heterocycles. The van der Waals surface area contributed by atoms with Gasteiger partial charge in [0.2, 0.25) is 0 Å². The minimum Gasteiger partial charge on any atom is -0.408 e. The van der Waals surface area contributed by atoms with Gasteiger partial charge in [0.1, 0.15) is 0 Å². The van der Waals surface area contributed by atoms with Crippen molar-refractivity contribution in [3.05, 3.63) is 28.7 Å². The lowest BCUT2D eigenvalue weighted by Crippen LogP contribution is -2.41. The fraction of sp³-hybridized carbons (Fsp3) is 0.533. The van der Waals surface area contributed by atoms with Crippen LogP contribution in [0.5, 0.6) is 0 Å². The Hall–Kier alpha value is -1.75. The fourth-order valence-electron chi connectivity index (χ4n) is 2.78. The Morgan fingerprint density at radius 2 is 2.35 bits per heavy atom. The van der Waals surface area contributed by atoms with Crippen molar-refractivity contribution in [2.45, 2.75) is 44.8 Å². The molecule has 1 aliphatic heterocycles. The largest absolute Gasteiger partial charge is 0.417 e. The molecule has 3 rings (SSSR count). The number of hydrogen-bond acceptors (Lipinski definition) is 4. The van der Waals surface area contributed by atoms with E-state index in [2.05, 4.69) is 24.1 Å². The molecule has 0 bridgehead atoms. The number of H-pyrrole nitrogens is 1. The van der Waals surface area contributed by atoms with Crippen LogP contribution in [0.15, 0.2) is 27.4 Å². The van der Waals surface area contributed by atoms with Gasteiger partial charge in [-0.3, -0.25) is 4.98 Å². The number of aromatic nitrogens is 1. The predicted octanol–water partition coefficient (Wildman–Crippen LogP) is 2.88. The number of hydrogen-bond donors (Lipinski definition) is 2. The lowest BCUT2D eigenvalue weighted by atomic mass is 9.90. The van der Waals surface area contributed by atoms with Gasteiger partial charge in [0.15, 0.2) is 5.58 Å². The van der Waals surface area contributed by atoms with Crippen molar-refractivity contribution in [1.82, 2.24) is 4.98 Å². The van der Waals surface area contributed by atoms with Gasteiger partial charge in [0.05, 0.1) is 11.1 Å². The molecule has 20 heavy (non-hydrogen) atoms. The van der Waals surface area contributed by atoms with E-state index in [4.69, 9.17) is 9.15 Å². The highest BCUT2D eigenvalue weighted by Crippen LogP contribution is 2.29. The number of aromatic amines is 1. The van der Waals surface area contributed by atoms with E-state index in [9.17, 15) is 4.79 Å². The van der Waals surface area contributed by atoms with Gasteiger partial charge in [-0.2, -0.15) is 0 Å². The molecule has 1 aromatic carbocycles. The second-order valence-corrected chi connectivity index (χ2v) is 5.71. The van der Waals surface area contributed by atoms with Gasteiger partial charge in [-0.05, 0) is 44.4 Å². The quantitative estimate of drug-likeness (QED) is 0.904. The minimum atomic E-state index is -0.415. The Morgan fingerprint density at radius 1 is 1.50 bits per heavy atom. The van der Waals surface area contributed by atoms with Crippen LogP contribution in [0, 0.1) is 0 Å². The normalized spacial score (nSPS) is 26.8. The second-order valence-electron chi connectivity index (χ2n) is 5.71. The fourth-order valence-corrected chi connectivity index (χ4v) is 2.78. The molecule has 1 fully saturated rings. The molecule has 0 spiro atoms. The van der Waals surface area contributed by atoms with E-state index in [1.807, 2.05) is 18.2 Å². The van der Waals surface area contributed by atoms with E-state index in [1.165, 1.54) is 0 Å². The number of benzene rings is 1. The first-order valence-electron chi connectivity index (χ1n) is 7.11. The highest BCUT2D eigenvalue weighted by atomic mass is 16.5. The third kappa shape index (κ3) is 2.58. The van der Waals surface area contributed by atoms with E-state index in [0.29, 0.717) is 11.6 Å². The van der Waals surface area contributed by atoms with Crippen LogP contribution in [0.2, 0.25) is 0 Å². The zero-order chi connectivity index (χ0) is 14.2. The molecule has 1 aliphatic rings. The summed E-state index contributed by atoms with van der Waals surface area (Å²) in [4.78, 5) is 13.8.